The molecule has 2 rings (SSSR count). The topological polar surface area (TPSA) is 42.1 Å². The van der Waals surface area contributed by atoms with Crippen molar-refractivity contribution < 1.29 is 4.74 Å². The normalized spacial score (nSPS) is 14.0. The molecule has 0 amide bonds. The number of thiophene rings is 1. The van der Waals surface area contributed by atoms with Crippen molar-refractivity contribution in [1.29, 1.82) is 0 Å². The molecule has 2 heterocycles. The minimum absolute atomic E-state index is 0.210. The first-order valence-corrected chi connectivity index (χ1v) is 10.8. The largest absolute Gasteiger partial charge is 0.379 e. The van der Waals surface area contributed by atoms with Crippen LogP contribution in [0.25, 0.3) is 10.2 Å². The first kappa shape index (κ1) is 20.2. The smallest absolute Gasteiger partial charge is 0.193 e. The maximum Gasteiger partial charge on any atom is 0.193 e. The summed E-state index contributed by atoms with van der Waals surface area (Å²) in [5.41, 5.74) is 1.16. The van der Waals surface area contributed by atoms with Crippen LogP contribution in [0.2, 0.25) is 0 Å². The average molecular weight is 364 g/mol. The van der Waals surface area contributed by atoms with Gasteiger partial charge in [0, 0.05) is 18.4 Å². The Morgan fingerprint density at radius 3 is 2.76 bits per heavy atom. The van der Waals surface area contributed by atoms with Crippen molar-refractivity contribution in [2.75, 3.05) is 6.61 Å². The zero-order chi connectivity index (χ0) is 18.1. The lowest BCUT2D eigenvalue weighted by atomic mass is 9.91. The van der Waals surface area contributed by atoms with Gasteiger partial charge < -0.3 is 9.72 Å². The van der Waals surface area contributed by atoms with E-state index in [-0.39, 0.29) is 5.43 Å². The summed E-state index contributed by atoms with van der Waals surface area (Å²) in [5, 5.41) is 2.82. The number of ether oxygens (including phenoxy) is 1. The Labute approximate surface area is 155 Å². The SMILES string of the molecule is CCCCCCOC(C)CCCC(CC)c1c[nH]c2sccc2c1=O. The summed E-state index contributed by atoms with van der Waals surface area (Å²) in [4.78, 5) is 16.9. The highest BCUT2D eigenvalue weighted by atomic mass is 32.1. The Kier molecular flexibility index (Phi) is 8.70. The molecule has 0 bridgehead atoms. The van der Waals surface area contributed by atoms with E-state index in [1.807, 2.05) is 17.6 Å². The summed E-state index contributed by atoms with van der Waals surface area (Å²) >= 11 is 1.59. The molecule has 2 aromatic rings. The van der Waals surface area contributed by atoms with Gasteiger partial charge in [-0.05, 0) is 50.0 Å². The van der Waals surface area contributed by atoms with Crippen LogP contribution in [0, 0.1) is 0 Å². The van der Waals surface area contributed by atoms with Crippen molar-refractivity contribution in [3.63, 3.8) is 0 Å². The number of rotatable bonds is 12. The lowest BCUT2D eigenvalue weighted by molar-refractivity contribution is 0.0555. The number of fused-ring (bicyclic) bond motifs is 1. The highest BCUT2D eigenvalue weighted by Gasteiger charge is 2.16. The first-order valence-electron chi connectivity index (χ1n) is 9.87. The molecule has 4 heteroatoms. The van der Waals surface area contributed by atoms with E-state index in [2.05, 4.69) is 25.8 Å². The van der Waals surface area contributed by atoms with Gasteiger partial charge in [0.05, 0.1) is 11.5 Å². The predicted octanol–water partition coefficient (Wildman–Crippen LogP) is 6.24. The van der Waals surface area contributed by atoms with Gasteiger partial charge in [-0.1, -0.05) is 39.5 Å². The van der Waals surface area contributed by atoms with E-state index in [1.54, 1.807) is 11.3 Å². The van der Waals surface area contributed by atoms with Gasteiger partial charge in [0.2, 0.25) is 0 Å². The number of aromatic amines is 1. The predicted molar refractivity (Wildman–Crippen MR) is 109 cm³/mol. The van der Waals surface area contributed by atoms with E-state index >= 15 is 0 Å². The maximum absolute atomic E-state index is 12.7. The fraction of sp³-hybridized carbons (Fsp3) is 0.667. The molecule has 140 valence electrons. The molecule has 0 aromatic carbocycles. The second-order valence-corrected chi connectivity index (χ2v) is 7.93. The van der Waals surface area contributed by atoms with E-state index in [4.69, 9.17) is 4.74 Å². The molecule has 0 aliphatic carbocycles. The molecule has 0 saturated heterocycles. The van der Waals surface area contributed by atoms with Crippen molar-refractivity contribution in [2.45, 2.75) is 84.2 Å². The van der Waals surface area contributed by atoms with Crippen LogP contribution in [0.15, 0.2) is 22.4 Å². The number of unbranched alkanes of at least 4 members (excludes halogenated alkanes) is 3. The first-order chi connectivity index (χ1) is 12.2. The number of hydrogen-bond acceptors (Lipinski definition) is 3. The summed E-state index contributed by atoms with van der Waals surface area (Å²) in [5.74, 6) is 0.338. The fourth-order valence-electron chi connectivity index (χ4n) is 3.40. The molecule has 0 aliphatic heterocycles. The van der Waals surface area contributed by atoms with E-state index in [9.17, 15) is 4.79 Å². The summed E-state index contributed by atoms with van der Waals surface area (Å²) < 4.78 is 5.91. The minimum atomic E-state index is 0.210. The number of H-pyrrole nitrogens is 1. The molecule has 2 unspecified atom stereocenters. The van der Waals surface area contributed by atoms with Crippen LogP contribution >= 0.6 is 11.3 Å². The molecule has 1 N–H and O–H groups in total. The molecule has 0 spiro atoms. The Bertz CT molecular complexity index is 676. The van der Waals surface area contributed by atoms with Crippen molar-refractivity contribution in [2.24, 2.45) is 0 Å². The summed E-state index contributed by atoms with van der Waals surface area (Å²) in [6.45, 7) is 7.46. The molecule has 0 radical (unpaired) electrons. The number of nitrogens with one attached hydrogen (secondary N) is 1. The molecular formula is C21H33NO2S. The van der Waals surface area contributed by atoms with E-state index in [1.165, 1.54) is 25.7 Å². The molecular weight excluding hydrogens is 330 g/mol. The van der Waals surface area contributed by atoms with Gasteiger partial charge in [-0.25, -0.2) is 0 Å². The van der Waals surface area contributed by atoms with Crippen LogP contribution in [0.1, 0.15) is 83.6 Å². The van der Waals surface area contributed by atoms with Crippen molar-refractivity contribution in [3.05, 3.63) is 33.4 Å². The Hall–Kier alpha value is -1.13. The van der Waals surface area contributed by atoms with Crippen molar-refractivity contribution in [3.8, 4) is 0 Å². The lowest BCUT2D eigenvalue weighted by Crippen LogP contribution is -2.15. The fourth-order valence-corrected chi connectivity index (χ4v) is 4.15. The Balaban J connectivity index is 1.79. The van der Waals surface area contributed by atoms with Gasteiger partial charge in [0.15, 0.2) is 5.43 Å². The molecule has 0 fully saturated rings. The third kappa shape index (κ3) is 5.96. The Morgan fingerprint density at radius 1 is 1.16 bits per heavy atom. The van der Waals surface area contributed by atoms with E-state index in [0.29, 0.717) is 12.0 Å². The highest BCUT2D eigenvalue weighted by molar-refractivity contribution is 7.16. The standard InChI is InChI=1S/C21H33NO2S/c1-4-6-7-8-13-24-16(3)10-9-11-17(5-2)19-15-22-21-18(20(19)23)12-14-25-21/h12,14-17H,4-11,13H2,1-3H3,(H,22,23). The van der Waals surface area contributed by atoms with Gasteiger partial charge in [-0.2, -0.15) is 0 Å². The van der Waals surface area contributed by atoms with Gasteiger partial charge in [-0.3, -0.25) is 4.79 Å². The summed E-state index contributed by atoms with van der Waals surface area (Å²) in [6, 6.07) is 1.93. The zero-order valence-corrected chi connectivity index (χ0v) is 16.8. The number of aromatic nitrogens is 1. The van der Waals surface area contributed by atoms with Gasteiger partial charge in [0.1, 0.15) is 4.83 Å². The van der Waals surface area contributed by atoms with Crippen LogP contribution in [-0.4, -0.2) is 17.7 Å². The van der Waals surface area contributed by atoms with E-state index < -0.39 is 0 Å². The van der Waals surface area contributed by atoms with Crippen LogP contribution in [0.4, 0.5) is 0 Å². The lowest BCUT2D eigenvalue weighted by Gasteiger charge is -2.17. The molecule has 0 aliphatic rings. The van der Waals surface area contributed by atoms with Crippen molar-refractivity contribution >= 4 is 21.6 Å². The molecule has 2 atom stereocenters. The third-order valence-corrected chi connectivity index (χ3v) is 5.87. The quantitative estimate of drug-likeness (QED) is 0.454. The van der Waals surface area contributed by atoms with Crippen LogP contribution in [0.5, 0.6) is 0 Å². The molecule has 25 heavy (non-hydrogen) atoms. The third-order valence-electron chi connectivity index (χ3n) is 5.03. The molecule has 0 saturated carbocycles. The van der Waals surface area contributed by atoms with Gasteiger partial charge in [0.25, 0.3) is 0 Å². The highest BCUT2D eigenvalue weighted by Crippen LogP contribution is 2.25. The minimum Gasteiger partial charge on any atom is -0.379 e. The number of pyridine rings is 1. The molecule has 2 aromatic heterocycles. The average Bonchev–Trinajstić information content (AvgIpc) is 3.09. The van der Waals surface area contributed by atoms with E-state index in [0.717, 1.165) is 48.1 Å². The monoisotopic (exact) mass is 363 g/mol. The maximum atomic E-state index is 12.7. The van der Waals surface area contributed by atoms with Crippen LogP contribution in [-0.2, 0) is 4.74 Å². The van der Waals surface area contributed by atoms with Crippen LogP contribution in [0.3, 0.4) is 0 Å². The molecule has 3 nitrogen and oxygen atoms in total. The van der Waals surface area contributed by atoms with Gasteiger partial charge >= 0.3 is 0 Å². The van der Waals surface area contributed by atoms with Crippen molar-refractivity contribution in [1.82, 2.24) is 4.98 Å². The van der Waals surface area contributed by atoms with Gasteiger partial charge in [-0.15, -0.1) is 11.3 Å². The number of hydrogen-bond donors (Lipinski definition) is 1. The Morgan fingerprint density at radius 2 is 2.00 bits per heavy atom. The zero-order valence-electron chi connectivity index (χ0n) is 16.0. The summed E-state index contributed by atoms with van der Waals surface area (Å²) in [7, 11) is 0. The summed E-state index contributed by atoms with van der Waals surface area (Å²) in [6.07, 6.45) is 11.5. The second-order valence-electron chi connectivity index (χ2n) is 7.01. The van der Waals surface area contributed by atoms with Crippen LogP contribution < -0.4 is 5.43 Å². The second kappa shape index (κ2) is 10.8.